The van der Waals surface area contributed by atoms with E-state index in [4.69, 9.17) is 17.0 Å². The van der Waals surface area contributed by atoms with Crippen LogP contribution in [0, 0.1) is 0 Å². The topological polar surface area (TPSA) is 32.8 Å². The number of nitrogens with zero attached hydrogens (tertiary/aromatic N) is 2. The largest absolute Gasteiger partial charge is 0.497 e. The van der Waals surface area contributed by atoms with Crippen LogP contribution < -0.4 is 4.74 Å². The van der Waals surface area contributed by atoms with Crippen LogP contribution in [0.1, 0.15) is 18.1 Å². The summed E-state index contributed by atoms with van der Waals surface area (Å²) in [4.78, 5) is 16.3. The lowest BCUT2D eigenvalue weighted by Gasteiger charge is -2.22. The minimum atomic E-state index is -0.257. The number of thiocarbonyl (C=S) groups is 1. The number of amides is 1. The fourth-order valence-electron chi connectivity index (χ4n) is 2.86. The molecule has 2 aromatic carbocycles. The van der Waals surface area contributed by atoms with Gasteiger partial charge in [-0.25, -0.2) is 0 Å². The molecular weight excluding hydrogens is 320 g/mol. The SMILES string of the molecule is COc1cccc(CN2C(=S)N(Cc3ccccc3)C(=O)C2C)c1. The molecule has 4 nitrogen and oxygen atoms in total. The van der Waals surface area contributed by atoms with Crippen molar-refractivity contribution < 1.29 is 9.53 Å². The van der Waals surface area contributed by atoms with Gasteiger partial charge in [-0.1, -0.05) is 42.5 Å². The van der Waals surface area contributed by atoms with Crippen molar-refractivity contribution in [3.8, 4) is 5.75 Å². The second kappa shape index (κ2) is 7.01. The summed E-state index contributed by atoms with van der Waals surface area (Å²) in [5.41, 5.74) is 2.14. The Hall–Kier alpha value is -2.40. The highest BCUT2D eigenvalue weighted by atomic mass is 32.1. The Bertz CT molecular complexity index is 748. The first-order chi connectivity index (χ1) is 11.6. The average Bonchev–Trinajstić information content (AvgIpc) is 2.81. The van der Waals surface area contributed by atoms with Gasteiger partial charge in [0.25, 0.3) is 5.91 Å². The number of hydrogen-bond donors (Lipinski definition) is 0. The summed E-state index contributed by atoms with van der Waals surface area (Å²) in [5.74, 6) is 0.851. The van der Waals surface area contributed by atoms with E-state index in [0.29, 0.717) is 18.2 Å². The highest BCUT2D eigenvalue weighted by Crippen LogP contribution is 2.24. The molecule has 1 aliphatic rings. The van der Waals surface area contributed by atoms with Crippen LogP contribution in [0.5, 0.6) is 5.75 Å². The number of carbonyl (C=O) groups excluding carboxylic acids is 1. The molecule has 24 heavy (non-hydrogen) atoms. The van der Waals surface area contributed by atoms with E-state index in [0.717, 1.165) is 16.9 Å². The van der Waals surface area contributed by atoms with Crippen LogP contribution >= 0.6 is 12.2 Å². The fraction of sp³-hybridized carbons (Fsp3) is 0.263. The van der Waals surface area contributed by atoms with E-state index in [1.807, 2.05) is 66.4 Å². The van der Waals surface area contributed by atoms with Crippen LogP contribution in [0.4, 0.5) is 0 Å². The first-order valence-corrected chi connectivity index (χ1v) is 8.30. The van der Waals surface area contributed by atoms with Gasteiger partial charge in [-0.15, -0.1) is 0 Å². The van der Waals surface area contributed by atoms with Gasteiger partial charge in [-0.2, -0.15) is 0 Å². The number of ether oxygens (including phenoxy) is 1. The highest BCUT2D eigenvalue weighted by Gasteiger charge is 2.39. The van der Waals surface area contributed by atoms with Crippen molar-refractivity contribution in [1.29, 1.82) is 0 Å². The average molecular weight is 340 g/mol. The van der Waals surface area contributed by atoms with Gasteiger partial charge in [0.2, 0.25) is 0 Å². The predicted octanol–water partition coefficient (Wildman–Crippen LogP) is 3.21. The van der Waals surface area contributed by atoms with Crippen LogP contribution in [-0.4, -0.2) is 34.0 Å². The Morgan fingerprint density at radius 3 is 2.46 bits per heavy atom. The van der Waals surface area contributed by atoms with Crippen LogP contribution in [0.15, 0.2) is 54.6 Å². The minimum absolute atomic E-state index is 0.0479. The third kappa shape index (κ3) is 3.26. The van der Waals surface area contributed by atoms with Crippen molar-refractivity contribution in [2.24, 2.45) is 0 Å². The van der Waals surface area contributed by atoms with Crippen molar-refractivity contribution in [1.82, 2.24) is 9.80 Å². The van der Waals surface area contributed by atoms with Gasteiger partial charge < -0.3 is 9.64 Å². The molecule has 5 heteroatoms. The van der Waals surface area contributed by atoms with E-state index < -0.39 is 0 Å². The zero-order chi connectivity index (χ0) is 17.1. The van der Waals surface area contributed by atoms with Gasteiger partial charge in [-0.05, 0) is 42.4 Å². The minimum Gasteiger partial charge on any atom is -0.497 e. The molecule has 1 atom stereocenters. The Kier molecular flexibility index (Phi) is 4.81. The standard InChI is InChI=1S/C19H20N2O2S/c1-14-18(22)21(12-15-7-4-3-5-8-15)19(24)20(14)13-16-9-6-10-17(11-16)23-2/h3-11,14H,12-13H2,1-2H3. The third-order valence-electron chi connectivity index (χ3n) is 4.24. The van der Waals surface area contributed by atoms with Crippen molar-refractivity contribution in [3.05, 3.63) is 65.7 Å². The van der Waals surface area contributed by atoms with E-state index in [1.165, 1.54) is 0 Å². The molecule has 1 fully saturated rings. The van der Waals surface area contributed by atoms with Crippen molar-refractivity contribution >= 4 is 23.2 Å². The molecule has 1 amide bonds. The van der Waals surface area contributed by atoms with Gasteiger partial charge >= 0.3 is 0 Å². The smallest absolute Gasteiger partial charge is 0.251 e. The van der Waals surface area contributed by atoms with E-state index in [1.54, 1.807) is 12.0 Å². The van der Waals surface area contributed by atoms with Crippen molar-refractivity contribution in [2.45, 2.75) is 26.1 Å². The molecule has 0 bridgehead atoms. The maximum atomic E-state index is 12.6. The zero-order valence-electron chi connectivity index (χ0n) is 13.8. The Labute approximate surface area is 147 Å². The normalized spacial score (nSPS) is 17.5. The second-order valence-corrected chi connectivity index (χ2v) is 6.21. The molecule has 0 radical (unpaired) electrons. The first-order valence-electron chi connectivity index (χ1n) is 7.89. The van der Waals surface area contributed by atoms with Crippen LogP contribution in [0.25, 0.3) is 0 Å². The quantitative estimate of drug-likeness (QED) is 0.783. The maximum absolute atomic E-state index is 12.6. The number of hydrogen-bond acceptors (Lipinski definition) is 3. The molecule has 0 N–H and O–H groups in total. The molecule has 1 aliphatic heterocycles. The third-order valence-corrected chi connectivity index (χ3v) is 4.69. The first kappa shape index (κ1) is 16.5. The molecule has 1 saturated heterocycles. The van der Waals surface area contributed by atoms with E-state index >= 15 is 0 Å². The van der Waals surface area contributed by atoms with Gasteiger partial charge in [0, 0.05) is 6.54 Å². The molecule has 3 rings (SSSR count). The monoisotopic (exact) mass is 340 g/mol. The molecule has 0 saturated carbocycles. The summed E-state index contributed by atoms with van der Waals surface area (Å²) >= 11 is 5.58. The van der Waals surface area contributed by atoms with E-state index in [9.17, 15) is 4.79 Å². The zero-order valence-corrected chi connectivity index (χ0v) is 14.6. The number of carbonyl (C=O) groups is 1. The van der Waals surface area contributed by atoms with Gasteiger partial charge in [-0.3, -0.25) is 9.69 Å². The van der Waals surface area contributed by atoms with Crippen molar-refractivity contribution in [3.63, 3.8) is 0 Å². The van der Waals surface area contributed by atoms with Crippen LogP contribution in [-0.2, 0) is 17.9 Å². The van der Waals surface area contributed by atoms with Gasteiger partial charge in [0.15, 0.2) is 5.11 Å². The molecule has 0 aromatic heterocycles. The molecular formula is C19H20N2O2S. The summed E-state index contributed by atoms with van der Waals surface area (Å²) < 4.78 is 5.27. The summed E-state index contributed by atoms with van der Waals surface area (Å²) in [6.07, 6.45) is 0. The summed E-state index contributed by atoms with van der Waals surface area (Å²) in [6, 6.07) is 17.5. The number of methoxy groups -OCH3 is 1. The molecule has 0 spiro atoms. The fourth-order valence-corrected chi connectivity index (χ4v) is 3.23. The van der Waals surface area contributed by atoms with Gasteiger partial charge in [0.1, 0.15) is 11.8 Å². The Morgan fingerprint density at radius 2 is 1.75 bits per heavy atom. The Morgan fingerprint density at radius 1 is 1.04 bits per heavy atom. The summed E-state index contributed by atoms with van der Waals surface area (Å²) in [6.45, 7) is 3.01. The lowest BCUT2D eigenvalue weighted by Crippen LogP contribution is -2.33. The van der Waals surface area contributed by atoms with Crippen LogP contribution in [0.3, 0.4) is 0 Å². The maximum Gasteiger partial charge on any atom is 0.251 e. The Balaban J connectivity index is 1.77. The molecule has 124 valence electrons. The summed E-state index contributed by atoms with van der Waals surface area (Å²) in [5, 5.41) is 0.583. The van der Waals surface area contributed by atoms with Crippen LogP contribution in [0.2, 0.25) is 0 Å². The summed E-state index contributed by atoms with van der Waals surface area (Å²) in [7, 11) is 1.65. The molecule has 1 unspecified atom stereocenters. The molecule has 1 heterocycles. The van der Waals surface area contributed by atoms with Crippen molar-refractivity contribution in [2.75, 3.05) is 7.11 Å². The highest BCUT2D eigenvalue weighted by molar-refractivity contribution is 7.80. The lowest BCUT2D eigenvalue weighted by atomic mass is 10.2. The van der Waals surface area contributed by atoms with Gasteiger partial charge in [0.05, 0.1) is 13.7 Å². The molecule has 0 aliphatic carbocycles. The van der Waals surface area contributed by atoms with E-state index in [2.05, 4.69) is 0 Å². The number of benzene rings is 2. The second-order valence-electron chi connectivity index (χ2n) is 5.85. The number of rotatable bonds is 5. The lowest BCUT2D eigenvalue weighted by molar-refractivity contribution is -0.128. The molecule has 2 aromatic rings. The predicted molar refractivity (Wildman–Crippen MR) is 97.6 cm³/mol. The van der Waals surface area contributed by atoms with E-state index in [-0.39, 0.29) is 11.9 Å².